The maximum Gasteiger partial charge on any atom is 0.103 e. The predicted molar refractivity (Wildman–Crippen MR) is 73.1 cm³/mol. The smallest absolute Gasteiger partial charge is 0.103 e. The Morgan fingerprint density at radius 3 is 2.76 bits per heavy atom. The highest BCUT2D eigenvalue weighted by Gasteiger charge is 2.12. The molecular formula is C13H17BrN2O. The van der Waals surface area contributed by atoms with Gasteiger partial charge in [-0.25, -0.2) is 0 Å². The molecule has 0 aliphatic carbocycles. The first-order chi connectivity index (χ1) is 8.24. The first-order valence-electron chi connectivity index (χ1n) is 5.79. The summed E-state index contributed by atoms with van der Waals surface area (Å²) in [6.45, 7) is 3.65. The summed E-state index contributed by atoms with van der Waals surface area (Å²) in [5.74, 6) is 0. The van der Waals surface area contributed by atoms with Gasteiger partial charge in [0, 0.05) is 17.6 Å². The number of hydrogen-bond donors (Lipinski definition) is 1. The lowest BCUT2D eigenvalue weighted by Crippen LogP contribution is -2.28. The molecule has 0 fully saturated rings. The van der Waals surface area contributed by atoms with Crippen molar-refractivity contribution in [2.45, 2.75) is 19.8 Å². The minimum Gasteiger partial charge on any atom is -0.395 e. The molecule has 1 aromatic rings. The quantitative estimate of drug-likeness (QED) is 0.878. The number of aliphatic hydroxyl groups is 1. The van der Waals surface area contributed by atoms with Gasteiger partial charge in [-0.15, -0.1) is 0 Å². The molecule has 0 amide bonds. The summed E-state index contributed by atoms with van der Waals surface area (Å²) in [5.41, 5.74) is 1.53. The number of nitrogens with zero attached hydrogens (tertiary/aromatic N) is 2. The van der Waals surface area contributed by atoms with E-state index in [0.29, 0.717) is 12.1 Å². The van der Waals surface area contributed by atoms with Crippen LogP contribution in [0.15, 0.2) is 22.7 Å². The lowest BCUT2D eigenvalue weighted by atomic mass is 10.1. The van der Waals surface area contributed by atoms with Crippen LogP contribution in [0.25, 0.3) is 0 Å². The van der Waals surface area contributed by atoms with Crippen LogP contribution in [0.5, 0.6) is 0 Å². The second-order valence-electron chi connectivity index (χ2n) is 3.81. The van der Waals surface area contributed by atoms with Crippen molar-refractivity contribution in [2.24, 2.45) is 0 Å². The Labute approximate surface area is 111 Å². The molecule has 17 heavy (non-hydrogen) atoms. The second kappa shape index (κ2) is 7.31. The first kappa shape index (κ1) is 14.0. The van der Waals surface area contributed by atoms with Crippen molar-refractivity contribution >= 4 is 21.6 Å². The fourth-order valence-electron chi connectivity index (χ4n) is 1.71. The van der Waals surface area contributed by atoms with E-state index in [1.54, 1.807) is 0 Å². The number of anilines is 1. The predicted octanol–water partition coefficient (Wildman–Crippen LogP) is 2.92. The number of nitriles is 1. The molecule has 0 saturated heterocycles. The molecule has 0 saturated carbocycles. The number of benzene rings is 1. The topological polar surface area (TPSA) is 47.3 Å². The summed E-state index contributed by atoms with van der Waals surface area (Å²) < 4.78 is 0.803. The lowest BCUT2D eigenvalue weighted by molar-refractivity contribution is 0.301. The molecule has 0 unspecified atom stereocenters. The van der Waals surface area contributed by atoms with Crippen molar-refractivity contribution in [3.05, 3.63) is 28.2 Å². The van der Waals surface area contributed by atoms with Crippen molar-refractivity contribution in [2.75, 3.05) is 24.6 Å². The normalized spacial score (nSPS) is 10.0. The van der Waals surface area contributed by atoms with Crippen LogP contribution in [0.3, 0.4) is 0 Å². The van der Waals surface area contributed by atoms with Gasteiger partial charge in [-0.05, 0) is 34.5 Å². The van der Waals surface area contributed by atoms with E-state index in [4.69, 9.17) is 5.11 Å². The lowest BCUT2D eigenvalue weighted by Gasteiger charge is -2.25. The molecule has 0 aliphatic rings. The van der Waals surface area contributed by atoms with Crippen molar-refractivity contribution in [3.8, 4) is 6.07 Å². The number of unbranched alkanes of at least 4 members (excludes halogenated alkanes) is 1. The number of rotatable bonds is 6. The van der Waals surface area contributed by atoms with Gasteiger partial charge in [0.25, 0.3) is 0 Å². The minimum atomic E-state index is 0.0983. The van der Waals surface area contributed by atoms with Crippen molar-refractivity contribution in [1.82, 2.24) is 0 Å². The van der Waals surface area contributed by atoms with Crippen LogP contribution in [-0.2, 0) is 0 Å². The molecule has 4 heteroatoms. The van der Waals surface area contributed by atoms with Gasteiger partial charge in [-0.3, -0.25) is 0 Å². The van der Waals surface area contributed by atoms with Crippen molar-refractivity contribution in [1.29, 1.82) is 5.26 Å². The summed E-state index contributed by atoms with van der Waals surface area (Å²) in [6.07, 6.45) is 2.15. The van der Waals surface area contributed by atoms with Gasteiger partial charge >= 0.3 is 0 Å². The zero-order valence-electron chi connectivity index (χ0n) is 9.99. The SMILES string of the molecule is CCCCN(CCO)c1cccc(Br)c1C#N. The van der Waals surface area contributed by atoms with Gasteiger partial charge in [0.1, 0.15) is 6.07 Å². The highest BCUT2D eigenvalue weighted by atomic mass is 79.9. The number of aliphatic hydroxyl groups excluding tert-OH is 1. The van der Waals surface area contributed by atoms with E-state index >= 15 is 0 Å². The summed E-state index contributed by atoms with van der Waals surface area (Å²) in [4.78, 5) is 2.06. The third-order valence-corrected chi connectivity index (χ3v) is 3.26. The van der Waals surface area contributed by atoms with E-state index in [2.05, 4.69) is 33.8 Å². The van der Waals surface area contributed by atoms with Crippen LogP contribution in [0.1, 0.15) is 25.3 Å². The zero-order valence-corrected chi connectivity index (χ0v) is 11.6. The summed E-state index contributed by atoms with van der Waals surface area (Å²) in [6, 6.07) is 7.91. The second-order valence-corrected chi connectivity index (χ2v) is 4.66. The molecule has 1 aromatic carbocycles. The Kier molecular flexibility index (Phi) is 6.03. The average Bonchev–Trinajstić information content (AvgIpc) is 2.34. The third kappa shape index (κ3) is 3.72. The first-order valence-corrected chi connectivity index (χ1v) is 6.58. The zero-order chi connectivity index (χ0) is 12.7. The molecule has 92 valence electrons. The standard InChI is InChI=1S/C13H17BrN2O/c1-2-3-7-16(8-9-17)13-6-4-5-12(14)11(13)10-15/h4-6,17H,2-3,7-9H2,1H3. The molecule has 0 atom stereocenters. The number of hydrogen-bond acceptors (Lipinski definition) is 3. The molecular weight excluding hydrogens is 280 g/mol. The Bertz CT molecular complexity index is 401. The molecule has 0 heterocycles. The summed E-state index contributed by atoms with van der Waals surface area (Å²) in [7, 11) is 0. The molecule has 3 nitrogen and oxygen atoms in total. The fraction of sp³-hybridized carbons (Fsp3) is 0.462. The highest BCUT2D eigenvalue weighted by Crippen LogP contribution is 2.27. The van der Waals surface area contributed by atoms with Crippen LogP contribution < -0.4 is 4.90 Å². The maximum atomic E-state index is 9.17. The van der Waals surface area contributed by atoms with E-state index in [1.807, 2.05) is 18.2 Å². The molecule has 1 N–H and O–H groups in total. The monoisotopic (exact) mass is 296 g/mol. The van der Waals surface area contributed by atoms with Crippen LogP contribution in [0.4, 0.5) is 5.69 Å². The van der Waals surface area contributed by atoms with Crippen LogP contribution in [0, 0.1) is 11.3 Å². The molecule has 0 aliphatic heterocycles. The number of halogens is 1. The van der Waals surface area contributed by atoms with E-state index in [0.717, 1.165) is 29.5 Å². The minimum absolute atomic E-state index is 0.0983. The Morgan fingerprint density at radius 1 is 1.41 bits per heavy atom. The van der Waals surface area contributed by atoms with E-state index < -0.39 is 0 Å². The van der Waals surface area contributed by atoms with Gasteiger partial charge in [-0.1, -0.05) is 19.4 Å². The van der Waals surface area contributed by atoms with Crippen LogP contribution in [-0.4, -0.2) is 24.8 Å². The van der Waals surface area contributed by atoms with Crippen molar-refractivity contribution < 1.29 is 5.11 Å². The largest absolute Gasteiger partial charge is 0.395 e. The van der Waals surface area contributed by atoms with Gasteiger partial charge in [0.15, 0.2) is 0 Å². The molecule has 0 bridgehead atoms. The molecule has 0 spiro atoms. The summed E-state index contributed by atoms with van der Waals surface area (Å²) in [5, 5.41) is 18.3. The maximum absolute atomic E-state index is 9.17. The van der Waals surface area contributed by atoms with E-state index in [-0.39, 0.29) is 6.61 Å². The van der Waals surface area contributed by atoms with Gasteiger partial charge in [0.05, 0.1) is 17.9 Å². The highest BCUT2D eigenvalue weighted by molar-refractivity contribution is 9.10. The third-order valence-electron chi connectivity index (χ3n) is 2.60. The van der Waals surface area contributed by atoms with Crippen LogP contribution >= 0.6 is 15.9 Å². The average molecular weight is 297 g/mol. The Morgan fingerprint density at radius 2 is 2.18 bits per heavy atom. The summed E-state index contributed by atoms with van der Waals surface area (Å²) >= 11 is 3.38. The van der Waals surface area contributed by atoms with Gasteiger partial charge in [0.2, 0.25) is 0 Å². The Balaban J connectivity index is 3.01. The van der Waals surface area contributed by atoms with Crippen molar-refractivity contribution in [3.63, 3.8) is 0 Å². The van der Waals surface area contributed by atoms with Gasteiger partial charge in [-0.2, -0.15) is 5.26 Å². The van der Waals surface area contributed by atoms with E-state index in [1.165, 1.54) is 0 Å². The molecule has 1 rings (SSSR count). The van der Waals surface area contributed by atoms with Crippen LogP contribution in [0.2, 0.25) is 0 Å². The van der Waals surface area contributed by atoms with E-state index in [9.17, 15) is 5.26 Å². The Hall–Kier alpha value is -1.05. The van der Waals surface area contributed by atoms with Gasteiger partial charge < -0.3 is 10.0 Å². The molecule has 0 radical (unpaired) electrons. The fourth-order valence-corrected chi connectivity index (χ4v) is 2.15. The molecule has 0 aromatic heterocycles.